The van der Waals surface area contributed by atoms with Gasteiger partial charge in [0.05, 0.1) is 6.33 Å². The van der Waals surface area contributed by atoms with E-state index in [-0.39, 0.29) is 5.56 Å². The zero-order valence-corrected chi connectivity index (χ0v) is 12.5. The Labute approximate surface area is 125 Å². The van der Waals surface area contributed by atoms with Gasteiger partial charge in [-0.1, -0.05) is 18.2 Å². The van der Waals surface area contributed by atoms with Gasteiger partial charge in [0, 0.05) is 12.2 Å². The number of H-pyrrole nitrogens is 1. The number of aromatic nitrogens is 2. The lowest BCUT2D eigenvalue weighted by Crippen LogP contribution is -2.25. The van der Waals surface area contributed by atoms with Crippen LogP contribution in [0.25, 0.3) is 0 Å². The highest BCUT2D eigenvalue weighted by Gasteiger charge is 2.15. The van der Waals surface area contributed by atoms with E-state index < -0.39 is 0 Å². The van der Waals surface area contributed by atoms with Crippen LogP contribution in [0.4, 0.5) is 11.5 Å². The van der Waals surface area contributed by atoms with E-state index >= 15 is 0 Å². The predicted octanol–water partition coefficient (Wildman–Crippen LogP) is 1.86. The Kier molecular flexibility index (Phi) is 4.92. The summed E-state index contributed by atoms with van der Waals surface area (Å²) >= 11 is 2.02. The molecule has 2 rings (SSSR count). The van der Waals surface area contributed by atoms with Gasteiger partial charge in [-0.15, -0.1) is 0 Å². The quantitative estimate of drug-likeness (QED) is 0.788. The average Bonchev–Trinajstić information content (AvgIpc) is 2.45. The highest BCUT2D eigenvalue weighted by molar-refractivity contribution is 14.1. The number of aromatic amines is 1. The minimum absolute atomic E-state index is 0.126. The zero-order chi connectivity index (χ0) is 13.7. The number of hydrogen-bond acceptors (Lipinski definition) is 4. The molecule has 0 fully saturated rings. The molecule has 0 unspecified atom stereocenters. The molecule has 1 aromatic carbocycles. The first-order valence-electron chi connectivity index (χ1n) is 6.00. The molecule has 0 saturated heterocycles. The number of anilines is 2. The molecule has 19 heavy (non-hydrogen) atoms. The van der Waals surface area contributed by atoms with Gasteiger partial charge in [0.1, 0.15) is 3.57 Å². The van der Waals surface area contributed by atoms with Crippen molar-refractivity contribution >= 4 is 34.1 Å². The molecule has 3 N–H and O–H groups in total. The fraction of sp³-hybridized carbons (Fsp3) is 0.231. The van der Waals surface area contributed by atoms with Gasteiger partial charge in [-0.05, 0) is 47.7 Å². The van der Waals surface area contributed by atoms with Crippen LogP contribution < -0.4 is 16.2 Å². The predicted molar refractivity (Wildman–Crippen MR) is 84.7 cm³/mol. The molecule has 0 bridgehead atoms. The van der Waals surface area contributed by atoms with E-state index in [4.69, 9.17) is 5.73 Å². The van der Waals surface area contributed by atoms with Crippen LogP contribution in [0.15, 0.2) is 41.5 Å². The second-order valence-corrected chi connectivity index (χ2v) is 5.08. The number of hydrogen-bond donors (Lipinski definition) is 2. The van der Waals surface area contributed by atoms with Crippen molar-refractivity contribution in [2.45, 2.75) is 6.42 Å². The van der Waals surface area contributed by atoms with Crippen molar-refractivity contribution in [3.05, 3.63) is 50.6 Å². The highest BCUT2D eigenvalue weighted by Crippen LogP contribution is 2.25. The number of rotatable bonds is 5. The van der Waals surface area contributed by atoms with Gasteiger partial charge >= 0.3 is 0 Å². The van der Waals surface area contributed by atoms with Crippen LogP contribution in [0.2, 0.25) is 0 Å². The van der Waals surface area contributed by atoms with E-state index in [1.165, 1.54) is 6.33 Å². The Morgan fingerprint density at radius 1 is 1.32 bits per heavy atom. The van der Waals surface area contributed by atoms with Gasteiger partial charge in [0.25, 0.3) is 5.56 Å². The second kappa shape index (κ2) is 6.67. The monoisotopic (exact) mass is 370 g/mol. The number of para-hydroxylation sites is 1. The van der Waals surface area contributed by atoms with Gasteiger partial charge < -0.3 is 15.6 Å². The summed E-state index contributed by atoms with van der Waals surface area (Å²) in [5, 5.41) is 0. The van der Waals surface area contributed by atoms with Gasteiger partial charge in [0.2, 0.25) is 0 Å². The maximum Gasteiger partial charge on any atom is 0.266 e. The Bertz CT molecular complexity index is 585. The number of nitrogens with zero attached hydrogens (tertiary/aromatic N) is 2. The summed E-state index contributed by atoms with van der Waals surface area (Å²) in [6, 6.07) is 9.88. The van der Waals surface area contributed by atoms with E-state index in [2.05, 4.69) is 9.97 Å². The summed E-state index contributed by atoms with van der Waals surface area (Å²) in [5.41, 5.74) is 6.46. The van der Waals surface area contributed by atoms with Crippen molar-refractivity contribution in [2.24, 2.45) is 5.73 Å². The molecule has 0 amide bonds. The summed E-state index contributed by atoms with van der Waals surface area (Å²) < 4.78 is 0.584. The smallest absolute Gasteiger partial charge is 0.266 e. The lowest BCUT2D eigenvalue weighted by Gasteiger charge is -2.24. The van der Waals surface area contributed by atoms with Crippen molar-refractivity contribution < 1.29 is 0 Å². The van der Waals surface area contributed by atoms with E-state index in [0.717, 1.165) is 18.7 Å². The van der Waals surface area contributed by atoms with Crippen LogP contribution in [0.1, 0.15) is 6.42 Å². The Morgan fingerprint density at radius 3 is 2.74 bits per heavy atom. The zero-order valence-electron chi connectivity index (χ0n) is 10.3. The number of nitrogens with two attached hydrogens (primary N) is 1. The van der Waals surface area contributed by atoms with Crippen molar-refractivity contribution in [2.75, 3.05) is 18.0 Å². The first-order chi connectivity index (χ1) is 9.24. The Morgan fingerprint density at radius 2 is 2.05 bits per heavy atom. The minimum Gasteiger partial charge on any atom is -0.330 e. The molecule has 6 heteroatoms. The number of halogens is 1. The van der Waals surface area contributed by atoms with Crippen LogP contribution >= 0.6 is 22.6 Å². The van der Waals surface area contributed by atoms with Crippen molar-refractivity contribution in [3.8, 4) is 0 Å². The molecule has 1 heterocycles. The fourth-order valence-electron chi connectivity index (χ4n) is 1.78. The molecular weight excluding hydrogens is 355 g/mol. The lowest BCUT2D eigenvalue weighted by molar-refractivity contribution is 0.805. The maximum atomic E-state index is 11.7. The molecule has 0 aliphatic rings. The Balaban J connectivity index is 2.43. The van der Waals surface area contributed by atoms with Gasteiger partial charge in [-0.3, -0.25) is 4.79 Å². The van der Waals surface area contributed by atoms with Gasteiger partial charge in [-0.25, -0.2) is 4.98 Å². The lowest BCUT2D eigenvalue weighted by atomic mass is 10.2. The molecule has 0 spiro atoms. The van der Waals surface area contributed by atoms with Crippen molar-refractivity contribution in [1.29, 1.82) is 0 Å². The largest absolute Gasteiger partial charge is 0.330 e. The van der Waals surface area contributed by atoms with Crippen molar-refractivity contribution in [3.63, 3.8) is 0 Å². The summed E-state index contributed by atoms with van der Waals surface area (Å²) in [7, 11) is 0. The summed E-state index contributed by atoms with van der Waals surface area (Å²) in [5.74, 6) is 0.670. The SMILES string of the molecule is NCCCN(c1ccccc1)c1nc[nH]c(=O)c1I. The molecule has 0 saturated carbocycles. The van der Waals surface area contributed by atoms with Crippen LogP contribution in [0.3, 0.4) is 0 Å². The molecule has 5 nitrogen and oxygen atoms in total. The van der Waals surface area contributed by atoms with Gasteiger partial charge in [0.15, 0.2) is 5.82 Å². The van der Waals surface area contributed by atoms with Crippen LogP contribution in [-0.2, 0) is 0 Å². The van der Waals surface area contributed by atoms with Crippen LogP contribution in [-0.4, -0.2) is 23.1 Å². The molecule has 0 aliphatic heterocycles. The third-order valence-corrected chi connectivity index (χ3v) is 3.66. The molecular formula is C13H15IN4O. The second-order valence-electron chi connectivity index (χ2n) is 4.00. The number of benzene rings is 1. The summed E-state index contributed by atoms with van der Waals surface area (Å²) in [4.78, 5) is 20.6. The standard InChI is InChI=1S/C13H15IN4O/c14-11-12(16-9-17-13(11)19)18(8-4-7-15)10-5-2-1-3-6-10/h1-3,5-6,9H,4,7-8,15H2,(H,16,17,19). The average molecular weight is 370 g/mol. The van der Waals surface area contributed by atoms with E-state index in [9.17, 15) is 4.79 Å². The van der Waals surface area contributed by atoms with E-state index in [1.807, 2.05) is 57.8 Å². The Hall–Kier alpha value is -1.41. The van der Waals surface area contributed by atoms with Crippen molar-refractivity contribution in [1.82, 2.24) is 9.97 Å². The molecule has 0 atom stereocenters. The normalized spacial score (nSPS) is 10.4. The third-order valence-electron chi connectivity index (χ3n) is 2.69. The third kappa shape index (κ3) is 3.32. The summed E-state index contributed by atoms with van der Waals surface area (Å²) in [6.07, 6.45) is 2.26. The molecule has 0 aliphatic carbocycles. The minimum atomic E-state index is -0.126. The summed E-state index contributed by atoms with van der Waals surface area (Å²) in [6.45, 7) is 1.33. The van der Waals surface area contributed by atoms with E-state index in [0.29, 0.717) is 15.9 Å². The van der Waals surface area contributed by atoms with Gasteiger partial charge in [-0.2, -0.15) is 0 Å². The number of nitrogens with one attached hydrogen (secondary N) is 1. The van der Waals surface area contributed by atoms with Crippen LogP contribution in [0.5, 0.6) is 0 Å². The highest BCUT2D eigenvalue weighted by atomic mass is 127. The van der Waals surface area contributed by atoms with Crippen LogP contribution in [0, 0.1) is 3.57 Å². The first-order valence-corrected chi connectivity index (χ1v) is 7.07. The molecule has 100 valence electrons. The molecule has 2 aromatic rings. The fourth-order valence-corrected chi connectivity index (χ4v) is 2.36. The molecule has 1 aromatic heterocycles. The van der Waals surface area contributed by atoms with E-state index in [1.54, 1.807) is 0 Å². The first kappa shape index (κ1) is 14.0. The molecule has 0 radical (unpaired) electrons. The topological polar surface area (TPSA) is 75.0 Å². The maximum absolute atomic E-state index is 11.7.